The van der Waals surface area contributed by atoms with Gasteiger partial charge in [0.2, 0.25) is 11.8 Å². The molecule has 0 radical (unpaired) electrons. The van der Waals surface area contributed by atoms with Gasteiger partial charge >= 0.3 is 5.97 Å². The zero-order chi connectivity index (χ0) is 20.9. The predicted octanol–water partition coefficient (Wildman–Crippen LogP) is 2.60. The molecule has 1 aliphatic heterocycles. The maximum atomic E-state index is 12.8. The van der Waals surface area contributed by atoms with Gasteiger partial charge in [0.1, 0.15) is 6.54 Å². The summed E-state index contributed by atoms with van der Waals surface area (Å²) in [7, 11) is 0. The van der Waals surface area contributed by atoms with Gasteiger partial charge in [-0.3, -0.25) is 24.1 Å². The molecular weight excluding hydrogens is 531 g/mol. The lowest BCUT2D eigenvalue weighted by Gasteiger charge is -2.28. The third-order valence-corrected chi connectivity index (χ3v) is 9.32. The van der Waals surface area contributed by atoms with Crippen LogP contribution < -0.4 is 5.32 Å². The van der Waals surface area contributed by atoms with Gasteiger partial charge in [-0.1, -0.05) is 43.5 Å². The second-order valence-corrected chi connectivity index (χ2v) is 10.0. The summed E-state index contributed by atoms with van der Waals surface area (Å²) in [5, 5.41) is 3.10. The summed E-state index contributed by atoms with van der Waals surface area (Å²) < 4.78 is 4.95. The number of benzene rings is 1. The van der Waals surface area contributed by atoms with Crippen molar-refractivity contribution in [2.75, 3.05) is 18.5 Å². The van der Waals surface area contributed by atoms with Crippen LogP contribution in [0.1, 0.15) is 6.42 Å². The van der Waals surface area contributed by atoms with Crippen molar-refractivity contribution in [3.05, 3.63) is 29.3 Å². The van der Waals surface area contributed by atoms with Crippen molar-refractivity contribution in [1.82, 2.24) is 4.90 Å². The Morgan fingerprint density at radius 2 is 1.62 bits per heavy atom. The monoisotopic (exact) mass is 546 g/mol. The lowest BCUT2D eigenvalue weighted by Crippen LogP contribution is -2.38. The topological polar surface area (TPSA) is 92.8 Å². The van der Waals surface area contributed by atoms with Crippen molar-refractivity contribution in [1.29, 1.82) is 0 Å². The molecule has 2 aliphatic carbocycles. The molecule has 1 aromatic carbocycles. The van der Waals surface area contributed by atoms with Gasteiger partial charge in [-0.15, -0.1) is 0 Å². The molecule has 1 heterocycles. The molecule has 1 N–H and O–H groups in total. The number of alkyl halides is 2. The Morgan fingerprint density at radius 1 is 1.07 bits per heavy atom. The summed E-state index contributed by atoms with van der Waals surface area (Å²) in [6.07, 6.45) is 0.821. The highest BCUT2D eigenvalue weighted by Crippen LogP contribution is 2.60. The van der Waals surface area contributed by atoms with Crippen LogP contribution in [0, 0.1) is 23.7 Å². The fourth-order valence-electron chi connectivity index (χ4n) is 4.62. The van der Waals surface area contributed by atoms with Crippen LogP contribution in [0.4, 0.5) is 5.69 Å². The van der Waals surface area contributed by atoms with Gasteiger partial charge in [0.15, 0.2) is 6.61 Å². The lowest BCUT2D eigenvalue weighted by molar-refractivity contribution is -0.154. The number of hydrogen-bond acceptors (Lipinski definition) is 5. The Kier molecular flexibility index (Phi) is 5.74. The van der Waals surface area contributed by atoms with Crippen LogP contribution in [0.2, 0.25) is 5.02 Å². The maximum Gasteiger partial charge on any atom is 0.326 e. The quantitative estimate of drug-likeness (QED) is 0.347. The summed E-state index contributed by atoms with van der Waals surface area (Å²) in [4.78, 5) is 50.8. The number of halogens is 3. The van der Waals surface area contributed by atoms with E-state index in [1.807, 2.05) is 0 Å². The van der Waals surface area contributed by atoms with Gasteiger partial charge in [0, 0.05) is 20.4 Å². The fraction of sp³-hybridized carbons (Fsp3) is 0.474. The summed E-state index contributed by atoms with van der Waals surface area (Å²) in [6.45, 7) is -0.985. The van der Waals surface area contributed by atoms with Gasteiger partial charge in [-0.05, 0) is 42.5 Å². The minimum atomic E-state index is -0.795. The third kappa shape index (κ3) is 3.72. The lowest BCUT2D eigenvalue weighted by atomic mass is 9.81. The van der Waals surface area contributed by atoms with E-state index in [1.165, 1.54) is 0 Å². The Hall–Kier alpha value is -1.45. The number of amides is 3. The van der Waals surface area contributed by atoms with Crippen molar-refractivity contribution in [3.8, 4) is 0 Å². The first-order chi connectivity index (χ1) is 13.8. The van der Waals surface area contributed by atoms with Crippen LogP contribution in [0.15, 0.2) is 24.3 Å². The van der Waals surface area contributed by atoms with E-state index in [9.17, 15) is 19.2 Å². The second-order valence-electron chi connectivity index (χ2n) is 7.48. The first-order valence-corrected chi connectivity index (χ1v) is 11.3. The Bertz CT molecular complexity index is 848. The van der Waals surface area contributed by atoms with Gasteiger partial charge in [-0.2, -0.15) is 0 Å². The number of rotatable bonds is 5. The van der Waals surface area contributed by atoms with E-state index in [0.717, 1.165) is 11.3 Å². The number of fused-ring (bicyclic) bond motifs is 5. The van der Waals surface area contributed by atoms with Crippen LogP contribution in [-0.2, 0) is 23.9 Å². The maximum absolute atomic E-state index is 12.8. The standard InChI is InChI=1S/C19H17Br2ClN2O5/c20-16-10-5-11(17(16)21)15-14(10)18(27)24(19(15)28)6-13(26)29-7-12(25)23-9-3-1-8(22)2-4-9/h1-4,10-11,14-17H,5-7H2,(H,23,25)/t10-,11-,14-,15-,16+,17+/m1/s1. The Morgan fingerprint density at radius 3 is 2.17 bits per heavy atom. The summed E-state index contributed by atoms with van der Waals surface area (Å²) >= 11 is 13.0. The van der Waals surface area contributed by atoms with E-state index in [4.69, 9.17) is 16.3 Å². The molecule has 0 unspecified atom stereocenters. The predicted molar refractivity (Wildman–Crippen MR) is 112 cm³/mol. The van der Waals surface area contributed by atoms with E-state index < -0.39 is 25.0 Å². The van der Waals surface area contributed by atoms with Crippen LogP contribution in [0.25, 0.3) is 0 Å². The molecule has 154 valence electrons. The minimum absolute atomic E-state index is 0.0806. The first kappa shape index (κ1) is 20.8. The number of nitrogens with zero attached hydrogens (tertiary/aromatic N) is 1. The second kappa shape index (κ2) is 8.00. The number of carbonyl (C=O) groups is 4. The molecule has 29 heavy (non-hydrogen) atoms. The van der Waals surface area contributed by atoms with E-state index in [1.54, 1.807) is 24.3 Å². The molecule has 2 saturated carbocycles. The fourth-order valence-corrected chi connectivity index (χ4v) is 6.62. The number of likely N-dealkylation sites (tertiary alicyclic amines) is 1. The molecule has 2 bridgehead atoms. The normalized spacial score (nSPS) is 32.4. The van der Waals surface area contributed by atoms with E-state index >= 15 is 0 Å². The van der Waals surface area contributed by atoms with E-state index in [2.05, 4.69) is 37.2 Å². The number of imide groups is 1. The summed E-state index contributed by atoms with van der Waals surface area (Å²) in [5.74, 6) is -2.57. The number of carbonyl (C=O) groups excluding carboxylic acids is 4. The number of nitrogens with one attached hydrogen (secondary N) is 1. The SMILES string of the molecule is O=C(COC(=O)CN1C(=O)[C@@H]2[C@H]3C[C@@H]([C@H](Br)[C@H]3Br)[C@H]2C1=O)Nc1ccc(Cl)cc1. The molecule has 0 aromatic heterocycles. The average molecular weight is 549 g/mol. The smallest absolute Gasteiger partial charge is 0.326 e. The van der Waals surface area contributed by atoms with Crippen molar-refractivity contribution >= 4 is 72.8 Å². The molecular formula is C19H17Br2ClN2O5. The number of anilines is 1. The number of esters is 1. The molecule has 3 fully saturated rings. The van der Waals surface area contributed by atoms with Crippen molar-refractivity contribution in [2.45, 2.75) is 16.1 Å². The van der Waals surface area contributed by atoms with Crippen LogP contribution in [0.3, 0.4) is 0 Å². The van der Waals surface area contributed by atoms with Gasteiger partial charge in [-0.25, -0.2) is 0 Å². The Labute approximate surface area is 188 Å². The van der Waals surface area contributed by atoms with Crippen LogP contribution in [0.5, 0.6) is 0 Å². The molecule has 7 nitrogen and oxygen atoms in total. The minimum Gasteiger partial charge on any atom is -0.454 e. The van der Waals surface area contributed by atoms with Crippen molar-refractivity contribution < 1.29 is 23.9 Å². The molecule has 0 spiro atoms. The van der Waals surface area contributed by atoms with Gasteiger partial charge < -0.3 is 10.1 Å². The highest BCUT2D eigenvalue weighted by molar-refractivity contribution is 9.12. The van der Waals surface area contributed by atoms with Gasteiger partial charge in [0.25, 0.3) is 5.91 Å². The molecule has 10 heteroatoms. The molecule has 3 aliphatic rings. The average Bonchev–Trinajstić information content (AvgIpc) is 3.29. The number of ether oxygens (including phenoxy) is 1. The van der Waals surface area contributed by atoms with Crippen molar-refractivity contribution in [3.63, 3.8) is 0 Å². The first-order valence-electron chi connectivity index (χ1n) is 9.12. The summed E-state index contributed by atoms with van der Waals surface area (Å²) in [5.41, 5.74) is 0.511. The molecule has 3 amide bonds. The third-order valence-electron chi connectivity index (χ3n) is 5.86. The highest BCUT2D eigenvalue weighted by atomic mass is 79.9. The van der Waals surface area contributed by atoms with E-state index in [-0.39, 0.29) is 45.1 Å². The number of hydrogen-bond donors (Lipinski definition) is 1. The zero-order valence-corrected chi connectivity index (χ0v) is 18.9. The largest absolute Gasteiger partial charge is 0.454 e. The highest BCUT2D eigenvalue weighted by Gasteiger charge is 2.66. The van der Waals surface area contributed by atoms with Crippen LogP contribution >= 0.6 is 43.5 Å². The summed E-state index contributed by atoms with van der Waals surface area (Å²) in [6, 6.07) is 6.47. The zero-order valence-electron chi connectivity index (χ0n) is 15.0. The van der Waals surface area contributed by atoms with Crippen LogP contribution in [-0.4, -0.2) is 51.4 Å². The van der Waals surface area contributed by atoms with Gasteiger partial charge in [0.05, 0.1) is 11.8 Å². The van der Waals surface area contributed by atoms with Crippen molar-refractivity contribution in [2.24, 2.45) is 23.7 Å². The molecule has 1 aromatic rings. The Balaban J connectivity index is 1.31. The molecule has 6 atom stereocenters. The molecule has 4 rings (SSSR count). The molecule has 1 saturated heterocycles. The van der Waals surface area contributed by atoms with E-state index in [0.29, 0.717) is 10.7 Å².